The maximum atomic E-state index is 4.27. The molecule has 0 saturated carbocycles. The SMILES string of the molecule is CNc1ncnc(NCC2CCN(C)CC2)c1Br. The van der Waals surface area contributed by atoms with E-state index in [1.807, 2.05) is 7.05 Å². The van der Waals surface area contributed by atoms with Crippen LogP contribution in [-0.4, -0.2) is 48.6 Å². The summed E-state index contributed by atoms with van der Waals surface area (Å²) in [5.41, 5.74) is 0. The molecule has 0 spiro atoms. The van der Waals surface area contributed by atoms with Crippen LogP contribution in [-0.2, 0) is 0 Å². The average Bonchev–Trinajstić information content (AvgIpc) is 2.39. The monoisotopic (exact) mass is 313 g/mol. The number of hydrogen-bond donors (Lipinski definition) is 2. The zero-order valence-corrected chi connectivity index (χ0v) is 12.5. The molecule has 18 heavy (non-hydrogen) atoms. The van der Waals surface area contributed by atoms with Crippen molar-refractivity contribution in [3.63, 3.8) is 0 Å². The van der Waals surface area contributed by atoms with Crippen molar-refractivity contribution in [2.45, 2.75) is 12.8 Å². The van der Waals surface area contributed by atoms with Gasteiger partial charge in [-0.15, -0.1) is 0 Å². The highest BCUT2D eigenvalue weighted by atomic mass is 79.9. The lowest BCUT2D eigenvalue weighted by Gasteiger charge is -2.29. The van der Waals surface area contributed by atoms with Gasteiger partial charge in [-0.3, -0.25) is 0 Å². The highest BCUT2D eigenvalue weighted by Gasteiger charge is 2.17. The van der Waals surface area contributed by atoms with Crippen molar-refractivity contribution < 1.29 is 0 Å². The van der Waals surface area contributed by atoms with E-state index in [0.29, 0.717) is 0 Å². The third-order valence-corrected chi connectivity index (χ3v) is 4.17. The topological polar surface area (TPSA) is 53.1 Å². The summed E-state index contributed by atoms with van der Waals surface area (Å²) in [7, 11) is 4.04. The van der Waals surface area contributed by atoms with E-state index in [-0.39, 0.29) is 0 Å². The minimum absolute atomic E-state index is 0.737. The first-order chi connectivity index (χ1) is 8.70. The first-order valence-corrected chi connectivity index (χ1v) is 7.10. The van der Waals surface area contributed by atoms with Crippen molar-refractivity contribution in [1.82, 2.24) is 14.9 Å². The Hall–Kier alpha value is -0.880. The summed E-state index contributed by atoms with van der Waals surface area (Å²) >= 11 is 3.52. The molecule has 1 aromatic heterocycles. The molecule has 2 rings (SSSR count). The number of anilines is 2. The lowest BCUT2D eigenvalue weighted by Crippen LogP contribution is -2.33. The molecule has 1 fully saturated rings. The first kappa shape index (κ1) is 13.5. The molecule has 2 heterocycles. The minimum Gasteiger partial charge on any atom is -0.372 e. The molecule has 0 amide bonds. The summed E-state index contributed by atoms with van der Waals surface area (Å²) in [6, 6.07) is 0. The second-order valence-corrected chi connectivity index (χ2v) is 5.56. The molecule has 0 atom stereocenters. The smallest absolute Gasteiger partial charge is 0.145 e. The number of nitrogens with zero attached hydrogens (tertiary/aromatic N) is 3. The van der Waals surface area contributed by atoms with Crippen LogP contribution in [0.4, 0.5) is 11.6 Å². The zero-order chi connectivity index (χ0) is 13.0. The van der Waals surface area contributed by atoms with Crippen LogP contribution in [0.1, 0.15) is 12.8 Å². The van der Waals surface area contributed by atoms with Crippen molar-refractivity contribution in [3.8, 4) is 0 Å². The van der Waals surface area contributed by atoms with Crippen molar-refractivity contribution in [2.24, 2.45) is 5.92 Å². The fourth-order valence-electron chi connectivity index (χ4n) is 2.17. The summed E-state index contributed by atoms with van der Waals surface area (Å²) < 4.78 is 0.903. The number of halogens is 1. The Morgan fingerprint density at radius 2 is 2.00 bits per heavy atom. The minimum atomic E-state index is 0.737. The molecule has 5 nitrogen and oxygen atoms in total. The number of likely N-dealkylation sites (tertiary alicyclic amines) is 1. The van der Waals surface area contributed by atoms with Gasteiger partial charge in [0.05, 0.1) is 0 Å². The molecule has 6 heteroatoms. The summed E-state index contributed by atoms with van der Waals surface area (Å²) in [6.07, 6.45) is 4.09. The fourth-order valence-corrected chi connectivity index (χ4v) is 2.72. The lowest BCUT2D eigenvalue weighted by atomic mass is 9.97. The van der Waals surface area contributed by atoms with Gasteiger partial charge in [-0.05, 0) is 54.8 Å². The van der Waals surface area contributed by atoms with Crippen LogP contribution in [0.2, 0.25) is 0 Å². The molecule has 1 aliphatic heterocycles. The van der Waals surface area contributed by atoms with Gasteiger partial charge in [-0.1, -0.05) is 0 Å². The molecule has 0 radical (unpaired) electrons. The van der Waals surface area contributed by atoms with Gasteiger partial charge in [0.15, 0.2) is 0 Å². The van der Waals surface area contributed by atoms with E-state index in [9.17, 15) is 0 Å². The van der Waals surface area contributed by atoms with E-state index in [1.165, 1.54) is 25.9 Å². The normalized spacial score (nSPS) is 17.7. The quantitative estimate of drug-likeness (QED) is 0.891. The van der Waals surface area contributed by atoms with E-state index >= 15 is 0 Å². The Bertz CT molecular complexity index is 390. The maximum absolute atomic E-state index is 4.27. The molecule has 100 valence electrons. The van der Waals surface area contributed by atoms with Crippen LogP contribution < -0.4 is 10.6 Å². The predicted molar refractivity (Wildman–Crippen MR) is 78.0 cm³/mol. The van der Waals surface area contributed by atoms with Crippen molar-refractivity contribution in [2.75, 3.05) is 44.4 Å². The predicted octanol–water partition coefficient (Wildman–Crippen LogP) is 2.03. The van der Waals surface area contributed by atoms with Crippen LogP contribution in [0.5, 0.6) is 0 Å². The fraction of sp³-hybridized carbons (Fsp3) is 0.667. The highest BCUT2D eigenvalue weighted by Crippen LogP contribution is 2.26. The van der Waals surface area contributed by atoms with Gasteiger partial charge in [0.25, 0.3) is 0 Å². The second-order valence-electron chi connectivity index (χ2n) is 4.76. The molecule has 0 aliphatic carbocycles. The molecular weight excluding hydrogens is 294 g/mol. The van der Waals surface area contributed by atoms with E-state index < -0.39 is 0 Å². The number of nitrogens with one attached hydrogen (secondary N) is 2. The van der Waals surface area contributed by atoms with Crippen LogP contribution in [0, 0.1) is 5.92 Å². The summed E-state index contributed by atoms with van der Waals surface area (Å²) in [6.45, 7) is 3.37. The second kappa shape index (κ2) is 6.33. The number of hydrogen-bond acceptors (Lipinski definition) is 5. The van der Waals surface area contributed by atoms with Crippen LogP contribution >= 0.6 is 15.9 Å². The Labute approximate surface area is 117 Å². The summed E-state index contributed by atoms with van der Waals surface area (Å²) in [4.78, 5) is 10.8. The Morgan fingerprint density at radius 3 is 2.67 bits per heavy atom. The molecule has 2 N–H and O–H groups in total. The van der Waals surface area contributed by atoms with Crippen LogP contribution in [0.25, 0.3) is 0 Å². The molecule has 0 unspecified atom stereocenters. The number of piperidine rings is 1. The van der Waals surface area contributed by atoms with E-state index in [4.69, 9.17) is 0 Å². The van der Waals surface area contributed by atoms with E-state index in [1.54, 1.807) is 6.33 Å². The van der Waals surface area contributed by atoms with Gasteiger partial charge in [0.2, 0.25) is 0 Å². The molecular formula is C12H20BrN5. The van der Waals surface area contributed by atoms with Crippen LogP contribution in [0.3, 0.4) is 0 Å². The van der Waals surface area contributed by atoms with Gasteiger partial charge in [-0.2, -0.15) is 0 Å². The molecule has 0 aromatic carbocycles. The zero-order valence-electron chi connectivity index (χ0n) is 10.9. The molecule has 1 aromatic rings. The van der Waals surface area contributed by atoms with Crippen LogP contribution in [0.15, 0.2) is 10.8 Å². The summed E-state index contributed by atoms with van der Waals surface area (Å²) in [5, 5.41) is 6.45. The maximum Gasteiger partial charge on any atom is 0.145 e. The van der Waals surface area contributed by atoms with Gasteiger partial charge >= 0.3 is 0 Å². The Morgan fingerprint density at radius 1 is 1.33 bits per heavy atom. The standard InChI is InChI=1S/C12H20BrN5/c1-14-11-10(13)12(17-8-16-11)15-7-9-3-5-18(2)6-4-9/h8-9H,3-7H2,1-2H3,(H2,14,15,16,17). The Balaban J connectivity index is 1.90. The average molecular weight is 314 g/mol. The molecule has 0 bridgehead atoms. The third kappa shape index (κ3) is 3.32. The summed E-state index contributed by atoms with van der Waals surface area (Å²) in [5.74, 6) is 2.42. The van der Waals surface area contributed by atoms with Crippen molar-refractivity contribution in [1.29, 1.82) is 0 Å². The highest BCUT2D eigenvalue weighted by molar-refractivity contribution is 9.10. The third-order valence-electron chi connectivity index (χ3n) is 3.42. The largest absolute Gasteiger partial charge is 0.372 e. The van der Waals surface area contributed by atoms with Gasteiger partial charge in [-0.25, -0.2) is 9.97 Å². The van der Waals surface area contributed by atoms with Gasteiger partial charge in [0, 0.05) is 13.6 Å². The van der Waals surface area contributed by atoms with Gasteiger partial charge < -0.3 is 15.5 Å². The van der Waals surface area contributed by atoms with Gasteiger partial charge in [0.1, 0.15) is 22.4 Å². The first-order valence-electron chi connectivity index (χ1n) is 6.31. The number of rotatable bonds is 4. The number of aromatic nitrogens is 2. The van der Waals surface area contributed by atoms with Crippen molar-refractivity contribution in [3.05, 3.63) is 10.8 Å². The molecule has 1 aliphatic rings. The van der Waals surface area contributed by atoms with E-state index in [2.05, 4.69) is 48.5 Å². The van der Waals surface area contributed by atoms with E-state index in [0.717, 1.165) is 28.6 Å². The lowest BCUT2D eigenvalue weighted by molar-refractivity contribution is 0.226. The Kier molecular flexibility index (Phi) is 4.77. The molecule has 1 saturated heterocycles. The van der Waals surface area contributed by atoms with Crippen molar-refractivity contribution >= 4 is 27.6 Å².